The highest BCUT2D eigenvalue weighted by Gasteiger charge is 2.21. The van der Waals surface area contributed by atoms with E-state index in [0.717, 1.165) is 24.1 Å². The maximum absolute atomic E-state index is 13.4. The zero-order chi connectivity index (χ0) is 13.1. The zero-order valence-corrected chi connectivity index (χ0v) is 11.6. The second kappa shape index (κ2) is 5.63. The summed E-state index contributed by atoms with van der Waals surface area (Å²) in [5, 5.41) is 3.46. The Bertz CT molecular complexity index is 366. The summed E-state index contributed by atoms with van der Waals surface area (Å²) in [5.41, 5.74) is 2.47. The van der Waals surface area contributed by atoms with Gasteiger partial charge in [-0.05, 0) is 48.6 Å². The highest BCUT2D eigenvalue weighted by atomic mass is 19.1. The first kappa shape index (κ1) is 14.2. The van der Waals surface area contributed by atoms with Crippen molar-refractivity contribution < 1.29 is 4.39 Å². The quantitative estimate of drug-likeness (QED) is 0.826. The minimum Gasteiger partial charge on any atom is -0.310 e. The fraction of sp³-hybridized carbons (Fsp3) is 0.600. The fourth-order valence-electron chi connectivity index (χ4n) is 2.14. The summed E-state index contributed by atoms with van der Waals surface area (Å²) in [7, 11) is 0. The van der Waals surface area contributed by atoms with Crippen molar-refractivity contribution >= 4 is 0 Å². The molecule has 0 amide bonds. The van der Waals surface area contributed by atoms with Crippen molar-refractivity contribution in [3.63, 3.8) is 0 Å². The third kappa shape index (κ3) is 4.47. The zero-order valence-electron chi connectivity index (χ0n) is 11.6. The van der Waals surface area contributed by atoms with Crippen LogP contribution in [0.25, 0.3) is 0 Å². The lowest BCUT2D eigenvalue weighted by molar-refractivity contribution is 0.313. The molecule has 0 fully saturated rings. The van der Waals surface area contributed by atoms with E-state index in [9.17, 15) is 4.39 Å². The van der Waals surface area contributed by atoms with E-state index in [1.807, 2.05) is 13.0 Å². The molecule has 0 aliphatic rings. The van der Waals surface area contributed by atoms with Crippen LogP contribution in [-0.2, 0) is 0 Å². The number of hydrogen-bond donors (Lipinski definition) is 1. The van der Waals surface area contributed by atoms with Gasteiger partial charge in [-0.3, -0.25) is 0 Å². The van der Waals surface area contributed by atoms with E-state index in [-0.39, 0.29) is 17.3 Å². The normalized spacial score (nSPS) is 13.8. The predicted molar refractivity (Wildman–Crippen MR) is 71.6 cm³/mol. The van der Waals surface area contributed by atoms with Gasteiger partial charge < -0.3 is 5.32 Å². The average Bonchev–Trinajstić information content (AvgIpc) is 2.19. The van der Waals surface area contributed by atoms with Crippen molar-refractivity contribution in [3.8, 4) is 0 Å². The summed E-state index contributed by atoms with van der Waals surface area (Å²) in [6, 6.07) is 5.28. The SMILES string of the molecule is CCNC(CC(C)(C)C)c1cc(F)ccc1C. The summed E-state index contributed by atoms with van der Waals surface area (Å²) < 4.78 is 13.4. The maximum Gasteiger partial charge on any atom is 0.123 e. The molecule has 1 aromatic rings. The molecule has 0 radical (unpaired) electrons. The number of hydrogen-bond acceptors (Lipinski definition) is 1. The molecule has 0 aromatic heterocycles. The molecule has 0 saturated carbocycles. The van der Waals surface area contributed by atoms with Crippen LogP contribution >= 0.6 is 0 Å². The van der Waals surface area contributed by atoms with Crippen LogP contribution in [0.1, 0.15) is 51.3 Å². The van der Waals surface area contributed by atoms with Gasteiger partial charge in [-0.2, -0.15) is 0 Å². The van der Waals surface area contributed by atoms with Gasteiger partial charge in [0, 0.05) is 6.04 Å². The van der Waals surface area contributed by atoms with Crippen molar-refractivity contribution in [1.29, 1.82) is 0 Å². The molecule has 1 nitrogen and oxygen atoms in total. The van der Waals surface area contributed by atoms with Crippen molar-refractivity contribution in [1.82, 2.24) is 5.32 Å². The number of nitrogens with one attached hydrogen (secondary N) is 1. The maximum atomic E-state index is 13.4. The summed E-state index contributed by atoms with van der Waals surface area (Å²) in [5.74, 6) is -0.151. The largest absolute Gasteiger partial charge is 0.310 e. The van der Waals surface area contributed by atoms with Gasteiger partial charge in [-0.1, -0.05) is 33.8 Å². The summed E-state index contributed by atoms with van der Waals surface area (Å²) in [6.07, 6.45) is 1.01. The third-order valence-electron chi connectivity index (χ3n) is 2.88. The van der Waals surface area contributed by atoms with Gasteiger partial charge in [0.25, 0.3) is 0 Å². The van der Waals surface area contributed by atoms with E-state index >= 15 is 0 Å². The Hall–Kier alpha value is -0.890. The lowest BCUT2D eigenvalue weighted by Crippen LogP contribution is -2.26. The van der Waals surface area contributed by atoms with E-state index in [0.29, 0.717) is 0 Å². The van der Waals surface area contributed by atoms with Crippen LogP contribution in [-0.4, -0.2) is 6.54 Å². The Labute approximate surface area is 104 Å². The smallest absolute Gasteiger partial charge is 0.123 e. The molecule has 17 heavy (non-hydrogen) atoms. The molecule has 0 heterocycles. The minimum atomic E-state index is -0.151. The summed E-state index contributed by atoms with van der Waals surface area (Å²) in [6.45, 7) is 11.7. The van der Waals surface area contributed by atoms with Crippen molar-refractivity contribution in [2.75, 3.05) is 6.54 Å². The molecule has 1 unspecified atom stereocenters. The topological polar surface area (TPSA) is 12.0 Å². The molecule has 0 saturated heterocycles. The minimum absolute atomic E-state index is 0.151. The lowest BCUT2D eigenvalue weighted by atomic mass is 9.84. The second-order valence-corrected chi connectivity index (χ2v) is 5.88. The van der Waals surface area contributed by atoms with Gasteiger partial charge in [0.1, 0.15) is 5.82 Å². The lowest BCUT2D eigenvalue weighted by Gasteiger charge is -2.28. The first-order valence-corrected chi connectivity index (χ1v) is 6.33. The monoisotopic (exact) mass is 237 g/mol. The molecular formula is C15H24FN. The van der Waals surface area contributed by atoms with Gasteiger partial charge in [-0.25, -0.2) is 4.39 Å². The molecule has 0 aliphatic heterocycles. The van der Waals surface area contributed by atoms with Crippen LogP contribution in [0.4, 0.5) is 4.39 Å². The van der Waals surface area contributed by atoms with Crippen molar-refractivity contribution in [2.24, 2.45) is 5.41 Å². The van der Waals surface area contributed by atoms with Gasteiger partial charge in [0.05, 0.1) is 0 Å². The van der Waals surface area contributed by atoms with Gasteiger partial charge in [0.15, 0.2) is 0 Å². The average molecular weight is 237 g/mol. The molecule has 0 bridgehead atoms. The van der Waals surface area contributed by atoms with Crippen LogP contribution in [0.15, 0.2) is 18.2 Å². The second-order valence-electron chi connectivity index (χ2n) is 5.88. The van der Waals surface area contributed by atoms with Crippen LogP contribution in [0.3, 0.4) is 0 Å². The standard InChI is InChI=1S/C15H24FN/c1-6-17-14(10-15(3,4)5)13-9-12(16)8-7-11(13)2/h7-9,14,17H,6,10H2,1-5H3. The first-order chi connectivity index (χ1) is 7.83. The Kier molecular flexibility index (Phi) is 4.70. The summed E-state index contributed by atoms with van der Waals surface area (Å²) >= 11 is 0. The number of benzene rings is 1. The van der Waals surface area contributed by atoms with Crippen LogP contribution in [0.5, 0.6) is 0 Å². The number of rotatable bonds is 4. The Balaban J connectivity index is 3.00. The molecular weight excluding hydrogens is 213 g/mol. The molecule has 1 rings (SSSR count). The third-order valence-corrected chi connectivity index (χ3v) is 2.88. The fourth-order valence-corrected chi connectivity index (χ4v) is 2.14. The molecule has 96 valence electrons. The van der Waals surface area contributed by atoms with E-state index in [1.54, 1.807) is 6.07 Å². The van der Waals surface area contributed by atoms with E-state index in [2.05, 4.69) is 33.0 Å². The predicted octanol–water partition coefficient (Wildman–Crippen LogP) is 4.22. The van der Waals surface area contributed by atoms with Gasteiger partial charge in [-0.15, -0.1) is 0 Å². The Morgan fingerprint density at radius 1 is 1.29 bits per heavy atom. The van der Waals surface area contributed by atoms with Crippen LogP contribution < -0.4 is 5.32 Å². The number of aryl methyl sites for hydroxylation is 1. The van der Waals surface area contributed by atoms with E-state index in [4.69, 9.17) is 0 Å². The van der Waals surface area contributed by atoms with Crippen molar-refractivity contribution in [2.45, 2.75) is 47.1 Å². The molecule has 0 aliphatic carbocycles. The first-order valence-electron chi connectivity index (χ1n) is 6.33. The Morgan fingerprint density at radius 2 is 1.94 bits per heavy atom. The van der Waals surface area contributed by atoms with Crippen molar-refractivity contribution in [3.05, 3.63) is 35.1 Å². The van der Waals surface area contributed by atoms with Gasteiger partial charge >= 0.3 is 0 Å². The molecule has 0 spiro atoms. The molecule has 1 atom stereocenters. The van der Waals surface area contributed by atoms with Gasteiger partial charge in [0.2, 0.25) is 0 Å². The summed E-state index contributed by atoms with van der Waals surface area (Å²) in [4.78, 5) is 0. The highest BCUT2D eigenvalue weighted by Crippen LogP contribution is 2.31. The van der Waals surface area contributed by atoms with Crippen LogP contribution in [0.2, 0.25) is 0 Å². The molecule has 1 aromatic carbocycles. The molecule has 1 N–H and O–H groups in total. The van der Waals surface area contributed by atoms with E-state index in [1.165, 1.54) is 6.07 Å². The molecule has 2 heteroatoms. The number of halogens is 1. The van der Waals surface area contributed by atoms with E-state index < -0.39 is 0 Å². The van der Waals surface area contributed by atoms with Crippen LogP contribution in [0, 0.1) is 18.2 Å². The highest BCUT2D eigenvalue weighted by molar-refractivity contribution is 5.29. The Morgan fingerprint density at radius 3 is 2.47 bits per heavy atom.